The summed E-state index contributed by atoms with van der Waals surface area (Å²) in [4.78, 5) is 34.3. The van der Waals surface area contributed by atoms with E-state index in [2.05, 4.69) is 16.2 Å². The first kappa shape index (κ1) is 14.0. The van der Waals surface area contributed by atoms with Crippen LogP contribution in [0.3, 0.4) is 0 Å². The second-order valence-corrected chi connectivity index (χ2v) is 4.77. The van der Waals surface area contributed by atoms with E-state index in [0.29, 0.717) is 6.54 Å². The molecule has 0 bridgehead atoms. The van der Waals surface area contributed by atoms with Gasteiger partial charge in [0.1, 0.15) is 5.92 Å². The Morgan fingerprint density at radius 3 is 2.50 bits per heavy atom. The topological polar surface area (TPSA) is 87.3 Å². The van der Waals surface area contributed by atoms with Crippen molar-refractivity contribution in [3.8, 4) is 0 Å². The highest BCUT2D eigenvalue weighted by atomic mass is 16.2. The van der Waals surface area contributed by atoms with Gasteiger partial charge in [0.05, 0.1) is 0 Å². The lowest BCUT2D eigenvalue weighted by Crippen LogP contribution is -2.28. The van der Waals surface area contributed by atoms with Gasteiger partial charge in [0, 0.05) is 13.0 Å². The third kappa shape index (κ3) is 3.34. The molecule has 0 atom stereocenters. The average Bonchev–Trinajstić information content (AvgIpc) is 2.75. The summed E-state index contributed by atoms with van der Waals surface area (Å²) >= 11 is 0. The zero-order valence-electron chi connectivity index (χ0n) is 11.2. The molecule has 0 saturated carbocycles. The first-order valence-corrected chi connectivity index (χ1v) is 6.49. The molecule has 0 radical (unpaired) electrons. The van der Waals surface area contributed by atoms with Crippen LogP contribution in [0.15, 0.2) is 24.3 Å². The van der Waals surface area contributed by atoms with Crippen LogP contribution in [-0.2, 0) is 20.9 Å². The van der Waals surface area contributed by atoms with E-state index in [1.165, 1.54) is 0 Å². The Kier molecular flexibility index (Phi) is 4.34. The van der Waals surface area contributed by atoms with Crippen molar-refractivity contribution >= 4 is 17.7 Å². The lowest BCUT2D eigenvalue weighted by atomic mass is 10.0. The minimum atomic E-state index is -0.765. The summed E-state index contributed by atoms with van der Waals surface area (Å²) in [6.07, 6.45) is 0.370. The number of benzene rings is 1. The van der Waals surface area contributed by atoms with Crippen LogP contribution in [-0.4, -0.2) is 17.7 Å². The zero-order chi connectivity index (χ0) is 14.5. The van der Waals surface area contributed by atoms with Gasteiger partial charge in [-0.15, -0.1) is 0 Å². The molecule has 6 heteroatoms. The maximum absolute atomic E-state index is 11.7. The highest BCUT2D eigenvalue weighted by Crippen LogP contribution is 2.11. The van der Waals surface area contributed by atoms with E-state index >= 15 is 0 Å². The molecule has 3 amide bonds. The van der Waals surface area contributed by atoms with Crippen LogP contribution in [0.4, 0.5) is 0 Å². The predicted molar refractivity (Wildman–Crippen MR) is 72.0 cm³/mol. The molecule has 0 aliphatic carbocycles. The van der Waals surface area contributed by atoms with Crippen LogP contribution >= 0.6 is 0 Å². The molecule has 20 heavy (non-hydrogen) atoms. The van der Waals surface area contributed by atoms with Crippen molar-refractivity contribution in [3.05, 3.63) is 35.4 Å². The third-order valence-electron chi connectivity index (χ3n) is 3.34. The maximum atomic E-state index is 11.7. The Hall–Kier alpha value is -2.37. The molecular formula is C14H17N3O3. The number of nitrogens with one attached hydrogen (secondary N) is 3. The van der Waals surface area contributed by atoms with Gasteiger partial charge in [-0.05, 0) is 24.5 Å². The molecule has 106 valence electrons. The Morgan fingerprint density at radius 1 is 1.20 bits per heavy atom. The van der Waals surface area contributed by atoms with Crippen LogP contribution in [0.5, 0.6) is 0 Å². The Morgan fingerprint density at radius 2 is 1.85 bits per heavy atom. The van der Waals surface area contributed by atoms with E-state index in [-0.39, 0.29) is 30.6 Å². The molecule has 6 nitrogen and oxygen atoms in total. The summed E-state index contributed by atoms with van der Waals surface area (Å²) in [7, 11) is 0. The molecule has 1 fully saturated rings. The Bertz CT molecular complexity index is 526. The van der Waals surface area contributed by atoms with E-state index in [1.54, 1.807) is 0 Å². The largest absolute Gasteiger partial charge is 0.352 e. The first-order valence-electron chi connectivity index (χ1n) is 6.49. The van der Waals surface area contributed by atoms with Gasteiger partial charge < -0.3 is 5.32 Å². The Labute approximate surface area is 116 Å². The zero-order valence-corrected chi connectivity index (χ0v) is 11.2. The second kappa shape index (κ2) is 6.18. The lowest BCUT2D eigenvalue weighted by Gasteiger charge is -2.08. The molecule has 3 N–H and O–H groups in total. The second-order valence-electron chi connectivity index (χ2n) is 4.77. The van der Waals surface area contributed by atoms with E-state index in [4.69, 9.17) is 0 Å². The summed E-state index contributed by atoms with van der Waals surface area (Å²) in [5.74, 6) is -1.68. The number of carbonyl (C=O) groups excluding carboxylic acids is 3. The van der Waals surface area contributed by atoms with Crippen molar-refractivity contribution in [1.82, 2.24) is 16.2 Å². The smallest absolute Gasteiger partial charge is 0.251 e. The molecule has 0 spiro atoms. The number of rotatable bonds is 5. The molecule has 1 aliphatic rings. The first-order chi connectivity index (χ1) is 9.58. The number of hydrogen-bond acceptors (Lipinski definition) is 3. The highest BCUT2D eigenvalue weighted by Gasteiger charge is 2.32. The van der Waals surface area contributed by atoms with Gasteiger partial charge in [-0.3, -0.25) is 25.2 Å². The number of aryl methyl sites for hydroxylation is 1. The van der Waals surface area contributed by atoms with Gasteiger partial charge >= 0.3 is 0 Å². The molecule has 1 heterocycles. The molecular weight excluding hydrogens is 258 g/mol. The van der Waals surface area contributed by atoms with Crippen molar-refractivity contribution in [1.29, 1.82) is 0 Å². The summed E-state index contributed by atoms with van der Waals surface area (Å²) < 4.78 is 0. The third-order valence-corrected chi connectivity index (χ3v) is 3.34. The van der Waals surface area contributed by atoms with Gasteiger partial charge in [-0.1, -0.05) is 24.3 Å². The van der Waals surface area contributed by atoms with Gasteiger partial charge in [-0.2, -0.15) is 0 Å². The summed E-state index contributed by atoms with van der Waals surface area (Å²) in [6.45, 7) is 2.43. The summed E-state index contributed by atoms with van der Waals surface area (Å²) in [5.41, 5.74) is 6.64. The molecule has 1 aromatic carbocycles. The van der Waals surface area contributed by atoms with Crippen LogP contribution in [0.25, 0.3) is 0 Å². The van der Waals surface area contributed by atoms with Crippen molar-refractivity contribution in [2.75, 3.05) is 0 Å². The molecule has 1 saturated heterocycles. The monoisotopic (exact) mass is 275 g/mol. The van der Waals surface area contributed by atoms with Crippen LogP contribution in [0.1, 0.15) is 24.0 Å². The molecule has 0 unspecified atom stereocenters. The number of carbonyl (C=O) groups is 3. The molecule has 1 aliphatic heterocycles. The SMILES string of the molecule is Cc1ccccc1CNC(=O)CCC1C(=O)NNC1=O. The average molecular weight is 275 g/mol. The minimum Gasteiger partial charge on any atom is -0.352 e. The highest BCUT2D eigenvalue weighted by molar-refractivity contribution is 6.05. The van der Waals surface area contributed by atoms with Gasteiger partial charge in [0.15, 0.2) is 0 Å². The van der Waals surface area contributed by atoms with E-state index in [1.807, 2.05) is 31.2 Å². The number of amides is 3. The van der Waals surface area contributed by atoms with Crippen molar-refractivity contribution in [3.63, 3.8) is 0 Å². The van der Waals surface area contributed by atoms with Gasteiger partial charge in [0.25, 0.3) is 11.8 Å². The molecule has 1 aromatic rings. The number of hydrazine groups is 1. The lowest BCUT2D eigenvalue weighted by molar-refractivity contribution is -0.128. The van der Waals surface area contributed by atoms with Crippen LogP contribution in [0, 0.1) is 12.8 Å². The molecule has 2 rings (SSSR count). The van der Waals surface area contributed by atoms with Crippen LogP contribution in [0.2, 0.25) is 0 Å². The van der Waals surface area contributed by atoms with Crippen molar-refractivity contribution in [2.45, 2.75) is 26.3 Å². The van der Waals surface area contributed by atoms with E-state index in [0.717, 1.165) is 11.1 Å². The van der Waals surface area contributed by atoms with Gasteiger partial charge in [0.2, 0.25) is 5.91 Å². The fourth-order valence-electron chi connectivity index (χ4n) is 2.04. The fourth-order valence-corrected chi connectivity index (χ4v) is 2.04. The fraction of sp³-hybridized carbons (Fsp3) is 0.357. The quantitative estimate of drug-likeness (QED) is 0.669. The van der Waals surface area contributed by atoms with E-state index < -0.39 is 5.92 Å². The van der Waals surface area contributed by atoms with Crippen LogP contribution < -0.4 is 16.2 Å². The summed E-state index contributed by atoms with van der Waals surface area (Å²) in [5, 5.41) is 2.79. The van der Waals surface area contributed by atoms with Crippen molar-refractivity contribution in [2.24, 2.45) is 5.92 Å². The standard InChI is InChI=1S/C14H17N3O3/c1-9-4-2-3-5-10(9)8-15-12(18)7-6-11-13(19)16-17-14(11)20/h2-5,11H,6-8H2,1H3,(H,15,18)(H,16,19)(H,17,20). The molecule has 0 aromatic heterocycles. The Balaban J connectivity index is 1.77. The predicted octanol–water partition coefficient (Wildman–Crippen LogP) is 0.169. The minimum absolute atomic E-state index is 0.150. The van der Waals surface area contributed by atoms with E-state index in [9.17, 15) is 14.4 Å². The number of hydrogen-bond donors (Lipinski definition) is 3. The normalized spacial score (nSPS) is 14.8. The van der Waals surface area contributed by atoms with Crippen molar-refractivity contribution < 1.29 is 14.4 Å². The summed E-state index contributed by atoms with van der Waals surface area (Å²) in [6, 6.07) is 7.79. The maximum Gasteiger partial charge on any atom is 0.251 e. The van der Waals surface area contributed by atoms with Gasteiger partial charge in [-0.25, -0.2) is 0 Å².